The number of rotatable bonds is 5. The van der Waals surface area contributed by atoms with Crippen molar-refractivity contribution in [2.45, 2.75) is 38.1 Å². The Labute approximate surface area is 153 Å². The van der Waals surface area contributed by atoms with E-state index in [0.717, 1.165) is 43.7 Å². The van der Waals surface area contributed by atoms with E-state index in [9.17, 15) is 14.3 Å². The van der Waals surface area contributed by atoms with E-state index in [0.29, 0.717) is 29.6 Å². The third-order valence-corrected chi connectivity index (χ3v) is 4.84. The van der Waals surface area contributed by atoms with Gasteiger partial charge < -0.3 is 10.0 Å². The highest BCUT2D eigenvalue weighted by Crippen LogP contribution is 2.30. The highest BCUT2D eigenvalue weighted by Gasteiger charge is 2.31. The molecule has 0 aromatic heterocycles. The number of aldehydes is 1. The number of amidine groups is 1. The molecule has 0 amide bonds. The van der Waals surface area contributed by atoms with Crippen molar-refractivity contribution in [3.8, 4) is 5.75 Å². The highest BCUT2D eigenvalue weighted by molar-refractivity contribution is 6.01. The predicted molar refractivity (Wildman–Crippen MR) is 101 cm³/mol. The molecule has 2 aliphatic rings. The van der Waals surface area contributed by atoms with Crippen LogP contribution in [0.1, 0.15) is 37.7 Å². The molecule has 0 atom stereocenters. The van der Waals surface area contributed by atoms with Gasteiger partial charge in [0.25, 0.3) is 0 Å². The summed E-state index contributed by atoms with van der Waals surface area (Å²) in [6, 6.07) is 4.44. The molecular formula is C21H23FN2O2. The van der Waals surface area contributed by atoms with E-state index in [2.05, 4.69) is 16.5 Å². The van der Waals surface area contributed by atoms with Gasteiger partial charge in [0, 0.05) is 17.7 Å². The molecule has 4 nitrogen and oxygen atoms in total. The summed E-state index contributed by atoms with van der Waals surface area (Å²) in [4.78, 5) is 18.0. The minimum Gasteiger partial charge on any atom is -0.508 e. The number of aromatic hydroxyl groups is 1. The monoisotopic (exact) mass is 354 g/mol. The lowest BCUT2D eigenvalue weighted by molar-refractivity contribution is -0.104. The summed E-state index contributed by atoms with van der Waals surface area (Å²) < 4.78 is 14.5. The summed E-state index contributed by atoms with van der Waals surface area (Å²) in [5.74, 6) is -0.0328. The van der Waals surface area contributed by atoms with Gasteiger partial charge in [-0.1, -0.05) is 38.0 Å². The van der Waals surface area contributed by atoms with Gasteiger partial charge in [-0.2, -0.15) is 0 Å². The molecule has 5 heteroatoms. The molecule has 136 valence electrons. The van der Waals surface area contributed by atoms with Crippen LogP contribution in [-0.4, -0.2) is 34.7 Å². The molecule has 3 rings (SSSR count). The van der Waals surface area contributed by atoms with Crippen molar-refractivity contribution in [2.24, 2.45) is 4.99 Å². The molecule has 1 aliphatic heterocycles. The van der Waals surface area contributed by atoms with Gasteiger partial charge in [0.2, 0.25) is 0 Å². The third-order valence-electron chi connectivity index (χ3n) is 4.84. The van der Waals surface area contributed by atoms with E-state index in [1.807, 2.05) is 0 Å². The molecule has 0 bridgehead atoms. The fraction of sp³-hybridized carbons (Fsp3) is 0.333. The predicted octanol–water partition coefficient (Wildman–Crippen LogP) is 4.12. The first kappa shape index (κ1) is 18.1. The van der Waals surface area contributed by atoms with E-state index in [4.69, 9.17) is 0 Å². The number of phenols is 1. The average Bonchev–Trinajstić information content (AvgIpc) is 3.05. The Morgan fingerprint density at radius 1 is 1.31 bits per heavy atom. The summed E-state index contributed by atoms with van der Waals surface area (Å²) in [5, 5.41) is 9.50. The van der Waals surface area contributed by atoms with Gasteiger partial charge in [0.1, 0.15) is 23.7 Å². The molecule has 1 heterocycles. The first-order chi connectivity index (χ1) is 12.6. The van der Waals surface area contributed by atoms with Crippen LogP contribution in [0, 0.1) is 5.82 Å². The van der Waals surface area contributed by atoms with Gasteiger partial charge in [0.05, 0.1) is 17.8 Å². The second-order valence-electron chi connectivity index (χ2n) is 6.68. The Bertz CT molecular complexity index is 789. The van der Waals surface area contributed by atoms with Crippen molar-refractivity contribution < 1.29 is 14.3 Å². The zero-order valence-corrected chi connectivity index (χ0v) is 14.7. The zero-order chi connectivity index (χ0) is 18.5. The Morgan fingerprint density at radius 2 is 2.08 bits per heavy atom. The Hall–Kier alpha value is -2.69. The largest absolute Gasteiger partial charge is 0.508 e. The minimum absolute atomic E-state index is 0.109. The quantitative estimate of drug-likeness (QED) is 0.492. The van der Waals surface area contributed by atoms with Crippen LogP contribution in [0.5, 0.6) is 5.75 Å². The number of phenolic OH excluding ortho intramolecular Hbond substituents is 1. The highest BCUT2D eigenvalue weighted by atomic mass is 19.1. The van der Waals surface area contributed by atoms with Crippen molar-refractivity contribution in [3.05, 3.63) is 65.7 Å². The number of hydrogen-bond donors (Lipinski definition) is 1. The molecule has 1 fully saturated rings. The maximum Gasteiger partial charge on any atom is 0.150 e. The molecular weight excluding hydrogens is 331 g/mol. The summed E-state index contributed by atoms with van der Waals surface area (Å²) in [6.45, 7) is 4.15. The summed E-state index contributed by atoms with van der Waals surface area (Å²) in [6.07, 6.45) is 11.3. The van der Waals surface area contributed by atoms with E-state index < -0.39 is 5.82 Å². The molecule has 1 N–H and O–H groups in total. The van der Waals surface area contributed by atoms with Crippen molar-refractivity contribution >= 4 is 12.1 Å². The third kappa shape index (κ3) is 3.93. The van der Waals surface area contributed by atoms with Crippen LogP contribution in [-0.2, 0) is 4.79 Å². The summed E-state index contributed by atoms with van der Waals surface area (Å²) >= 11 is 0. The van der Waals surface area contributed by atoms with Crippen molar-refractivity contribution in [3.63, 3.8) is 0 Å². The number of aliphatic imine (C=N–C) groups is 1. The van der Waals surface area contributed by atoms with Crippen molar-refractivity contribution in [1.82, 2.24) is 4.90 Å². The molecule has 1 aliphatic carbocycles. The number of nitrogens with zero attached hydrogens (tertiary/aromatic N) is 2. The van der Waals surface area contributed by atoms with E-state index in [-0.39, 0.29) is 5.75 Å². The van der Waals surface area contributed by atoms with Gasteiger partial charge in [-0.05, 0) is 31.1 Å². The van der Waals surface area contributed by atoms with Crippen LogP contribution in [0.25, 0.3) is 0 Å². The average molecular weight is 354 g/mol. The first-order valence-corrected chi connectivity index (χ1v) is 8.95. The van der Waals surface area contributed by atoms with E-state index >= 15 is 0 Å². The fourth-order valence-corrected chi connectivity index (χ4v) is 3.61. The van der Waals surface area contributed by atoms with Gasteiger partial charge in [-0.25, -0.2) is 9.38 Å². The maximum atomic E-state index is 14.5. The van der Waals surface area contributed by atoms with Gasteiger partial charge in [0.15, 0.2) is 0 Å². The molecule has 0 spiro atoms. The number of allylic oxidation sites excluding steroid dienone is 4. The smallest absolute Gasteiger partial charge is 0.150 e. The van der Waals surface area contributed by atoms with Crippen LogP contribution in [0.15, 0.2) is 59.3 Å². The minimum atomic E-state index is -0.497. The number of hydrogen-bond acceptors (Lipinski definition) is 4. The molecule has 26 heavy (non-hydrogen) atoms. The molecule has 0 saturated heterocycles. The lowest BCUT2D eigenvalue weighted by atomic mass is 9.93. The van der Waals surface area contributed by atoms with Gasteiger partial charge >= 0.3 is 0 Å². The van der Waals surface area contributed by atoms with Crippen LogP contribution in [0.4, 0.5) is 4.39 Å². The second kappa shape index (κ2) is 8.13. The lowest BCUT2D eigenvalue weighted by Crippen LogP contribution is -2.40. The lowest BCUT2D eigenvalue weighted by Gasteiger charge is -2.33. The van der Waals surface area contributed by atoms with Crippen LogP contribution in [0.2, 0.25) is 0 Å². The second-order valence-corrected chi connectivity index (χ2v) is 6.68. The van der Waals surface area contributed by atoms with Crippen LogP contribution in [0.3, 0.4) is 0 Å². The number of carbonyl (C=O) groups is 1. The van der Waals surface area contributed by atoms with E-state index in [1.165, 1.54) is 12.5 Å². The summed E-state index contributed by atoms with van der Waals surface area (Å²) in [7, 11) is 0. The Morgan fingerprint density at radius 3 is 2.73 bits per heavy atom. The normalized spacial score (nSPS) is 20.3. The van der Waals surface area contributed by atoms with E-state index in [1.54, 1.807) is 24.3 Å². The van der Waals surface area contributed by atoms with Gasteiger partial charge in [-0.15, -0.1) is 0 Å². The molecule has 0 unspecified atom stereocenters. The number of halogens is 1. The topological polar surface area (TPSA) is 52.9 Å². The fourth-order valence-electron chi connectivity index (χ4n) is 3.61. The zero-order valence-electron chi connectivity index (χ0n) is 14.7. The molecule has 0 radical (unpaired) electrons. The standard InChI is InChI=1S/C21H23FN2O2/c1-2-6-15(14-25)11-16-13-24(17-7-4-3-5-8-17)21(23-16)19-10-9-18(26)12-20(19)22/h2,6,9-12,14,17,26H,1,3-5,7-8,13H2/b15-6+,16-11+. The van der Waals surface area contributed by atoms with Gasteiger partial charge in [-0.3, -0.25) is 4.79 Å². The van der Waals surface area contributed by atoms with Crippen molar-refractivity contribution in [2.75, 3.05) is 6.54 Å². The Balaban J connectivity index is 1.99. The molecule has 1 aromatic rings. The number of benzene rings is 1. The van der Waals surface area contributed by atoms with Crippen LogP contribution < -0.4 is 0 Å². The molecule has 1 aromatic carbocycles. The first-order valence-electron chi connectivity index (χ1n) is 8.95. The van der Waals surface area contributed by atoms with Crippen molar-refractivity contribution in [1.29, 1.82) is 0 Å². The molecule has 1 saturated carbocycles. The number of carbonyl (C=O) groups excluding carboxylic acids is 1. The summed E-state index contributed by atoms with van der Waals surface area (Å²) in [5.41, 5.74) is 1.57. The maximum absolute atomic E-state index is 14.5. The Kier molecular flexibility index (Phi) is 5.66. The SMILES string of the molecule is C=C/C=C(C=O)\C=C1/CN(C2CCCCC2)C(c2ccc(O)cc2F)=N1. The van der Waals surface area contributed by atoms with Crippen LogP contribution >= 0.6 is 0 Å².